The van der Waals surface area contributed by atoms with E-state index in [9.17, 15) is 18.0 Å². The second-order valence-electron chi connectivity index (χ2n) is 10.3. The van der Waals surface area contributed by atoms with Gasteiger partial charge in [-0.25, -0.2) is 9.78 Å². The van der Waals surface area contributed by atoms with E-state index in [1.165, 1.54) is 30.5 Å². The van der Waals surface area contributed by atoms with Crippen LogP contribution in [-0.2, 0) is 24.3 Å². The number of ether oxygens (including phenoxy) is 1. The molecule has 0 radical (unpaired) electrons. The summed E-state index contributed by atoms with van der Waals surface area (Å²) in [5, 5.41) is 15.0. The zero-order valence-corrected chi connectivity index (χ0v) is 21.7. The predicted molar refractivity (Wildman–Crippen MR) is 137 cm³/mol. The summed E-state index contributed by atoms with van der Waals surface area (Å²) in [4.78, 5) is 28.3. The third-order valence-electron chi connectivity index (χ3n) is 7.46. The fourth-order valence-electron chi connectivity index (χ4n) is 5.53. The van der Waals surface area contributed by atoms with Gasteiger partial charge in [-0.15, -0.1) is 13.2 Å². The number of pyridine rings is 1. The van der Waals surface area contributed by atoms with Gasteiger partial charge in [-0.1, -0.05) is 31.9 Å². The number of hydrogen-bond donors (Lipinski definition) is 2. The number of fused-ring (bicyclic) bond motifs is 3. The minimum Gasteiger partial charge on any atom is -0.450 e. The SMILES string of the molecule is C[C@H]1CC[C@@H](CC(=O)N2CCc3c(n(Cc4ccc(OC(F)(F)F)cc4)c4ncccc34)C2)CC1.O=C(O)O. The Morgan fingerprint density at radius 2 is 1.74 bits per heavy atom. The molecule has 0 unspecified atom stereocenters. The van der Waals surface area contributed by atoms with Crippen LogP contribution < -0.4 is 4.74 Å². The van der Waals surface area contributed by atoms with Crippen molar-refractivity contribution in [2.45, 2.75) is 64.9 Å². The molecule has 0 bridgehead atoms. The quantitative estimate of drug-likeness (QED) is 0.388. The van der Waals surface area contributed by atoms with Crippen LogP contribution in [0, 0.1) is 11.8 Å². The minimum atomic E-state index is -4.72. The van der Waals surface area contributed by atoms with Crippen molar-refractivity contribution in [3.05, 3.63) is 59.4 Å². The molecule has 0 saturated heterocycles. The monoisotopic (exact) mass is 547 g/mol. The van der Waals surface area contributed by atoms with E-state index in [1.54, 1.807) is 18.3 Å². The van der Waals surface area contributed by atoms with Gasteiger partial charge in [-0.05, 0) is 66.5 Å². The first-order chi connectivity index (χ1) is 18.5. The van der Waals surface area contributed by atoms with Gasteiger partial charge in [0.25, 0.3) is 0 Å². The van der Waals surface area contributed by atoms with Crippen LogP contribution in [0.15, 0.2) is 42.6 Å². The summed E-state index contributed by atoms with van der Waals surface area (Å²) in [6.07, 6.45) is 1.25. The molecule has 3 heterocycles. The van der Waals surface area contributed by atoms with Crippen molar-refractivity contribution in [1.82, 2.24) is 14.5 Å². The average molecular weight is 548 g/mol. The Labute approximate surface area is 224 Å². The first kappa shape index (κ1) is 28.3. The third kappa shape index (κ3) is 7.42. The Hall–Kier alpha value is -3.76. The number of halogens is 3. The van der Waals surface area contributed by atoms with E-state index in [4.69, 9.17) is 15.0 Å². The summed E-state index contributed by atoms with van der Waals surface area (Å²) >= 11 is 0. The first-order valence-electron chi connectivity index (χ1n) is 13.0. The van der Waals surface area contributed by atoms with Crippen LogP contribution in [0.5, 0.6) is 5.75 Å². The Morgan fingerprint density at radius 1 is 1.08 bits per heavy atom. The highest BCUT2D eigenvalue weighted by atomic mass is 19.4. The highest BCUT2D eigenvalue weighted by Crippen LogP contribution is 2.34. The highest BCUT2D eigenvalue weighted by molar-refractivity contribution is 5.84. The van der Waals surface area contributed by atoms with Crippen LogP contribution in [0.4, 0.5) is 18.0 Å². The molecule has 1 saturated carbocycles. The zero-order chi connectivity index (χ0) is 28.2. The molecule has 210 valence electrons. The van der Waals surface area contributed by atoms with Gasteiger partial charge in [-0.3, -0.25) is 4.79 Å². The molecule has 2 aliphatic rings. The van der Waals surface area contributed by atoms with Gasteiger partial charge in [0.15, 0.2) is 0 Å². The lowest BCUT2D eigenvalue weighted by Gasteiger charge is -2.31. The number of alkyl halides is 3. The molecule has 1 aliphatic carbocycles. The lowest BCUT2D eigenvalue weighted by molar-refractivity contribution is -0.274. The molecule has 5 rings (SSSR count). The van der Waals surface area contributed by atoms with E-state index in [0.717, 1.165) is 47.5 Å². The van der Waals surface area contributed by atoms with Gasteiger partial charge in [0.2, 0.25) is 5.91 Å². The Morgan fingerprint density at radius 3 is 2.38 bits per heavy atom. The van der Waals surface area contributed by atoms with Crippen LogP contribution in [0.3, 0.4) is 0 Å². The highest BCUT2D eigenvalue weighted by Gasteiger charge is 2.31. The summed E-state index contributed by atoms with van der Waals surface area (Å²) in [6, 6.07) is 9.90. The van der Waals surface area contributed by atoms with E-state index >= 15 is 0 Å². The average Bonchev–Trinajstić information content (AvgIpc) is 3.18. The van der Waals surface area contributed by atoms with Gasteiger partial charge >= 0.3 is 12.5 Å². The topological polar surface area (TPSA) is 105 Å². The van der Waals surface area contributed by atoms with Gasteiger partial charge in [-0.2, -0.15) is 0 Å². The summed E-state index contributed by atoms with van der Waals surface area (Å²) in [6.45, 7) is 3.97. The Bertz CT molecular complexity index is 1290. The molecular formula is C28H32F3N3O5. The van der Waals surface area contributed by atoms with Crippen molar-refractivity contribution in [3.63, 3.8) is 0 Å². The molecule has 0 spiro atoms. The second-order valence-corrected chi connectivity index (χ2v) is 10.3. The molecule has 8 nitrogen and oxygen atoms in total. The molecule has 1 fully saturated rings. The summed E-state index contributed by atoms with van der Waals surface area (Å²) in [5.74, 6) is 1.21. The fourth-order valence-corrected chi connectivity index (χ4v) is 5.53. The van der Waals surface area contributed by atoms with Gasteiger partial charge in [0.05, 0.1) is 6.54 Å². The number of carbonyl (C=O) groups is 2. The normalized spacial score (nSPS) is 19.1. The van der Waals surface area contributed by atoms with E-state index in [1.807, 2.05) is 11.0 Å². The van der Waals surface area contributed by atoms with Crippen LogP contribution >= 0.6 is 0 Å². The number of nitrogens with zero attached hydrogens (tertiary/aromatic N) is 3. The minimum absolute atomic E-state index is 0.216. The lowest BCUT2D eigenvalue weighted by Crippen LogP contribution is -2.37. The molecule has 2 N–H and O–H groups in total. The number of carbonyl (C=O) groups excluding carboxylic acids is 1. The van der Waals surface area contributed by atoms with Crippen LogP contribution in [0.1, 0.15) is 55.8 Å². The van der Waals surface area contributed by atoms with Crippen LogP contribution in [-0.4, -0.2) is 49.6 Å². The molecule has 1 amide bonds. The number of benzene rings is 1. The van der Waals surface area contributed by atoms with Crippen molar-refractivity contribution in [1.29, 1.82) is 0 Å². The molecule has 11 heteroatoms. The second kappa shape index (κ2) is 12.0. The van der Waals surface area contributed by atoms with Gasteiger partial charge in [0, 0.05) is 36.8 Å². The molecule has 1 aliphatic heterocycles. The smallest absolute Gasteiger partial charge is 0.450 e. The maximum absolute atomic E-state index is 13.2. The van der Waals surface area contributed by atoms with Crippen molar-refractivity contribution < 1.29 is 37.7 Å². The van der Waals surface area contributed by atoms with Crippen molar-refractivity contribution in [3.8, 4) is 5.75 Å². The summed E-state index contributed by atoms with van der Waals surface area (Å²) in [7, 11) is 0. The van der Waals surface area contributed by atoms with Crippen molar-refractivity contribution >= 4 is 23.1 Å². The molecule has 2 aromatic heterocycles. The Kier molecular flexibility index (Phi) is 8.66. The zero-order valence-electron chi connectivity index (χ0n) is 21.7. The summed E-state index contributed by atoms with van der Waals surface area (Å²) < 4.78 is 43.6. The fraction of sp³-hybridized carbons (Fsp3) is 0.464. The number of hydrogen-bond acceptors (Lipinski definition) is 4. The summed E-state index contributed by atoms with van der Waals surface area (Å²) in [5.41, 5.74) is 3.94. The van der Waals surface area contributed by atoms with E-state index in [0.29, 0.717) is 32.0 Å². The van der Waals surface area contributed by atoms with Crippen LogP contribution in [0.25, 0.3) is 11.0 Å². The van der Waals surface area contributed by atoms with Gasteiger partial charge < -0.3 is 24.4 Å². The van der Waals surface area contributed by atoms with Gasteiger partial charge in [0.1, 0.15) is 11.4 Å². The molecular weight excluding hydrogens is 515 g/mol. The van der Waals surface area contributed by atoms with Crippen LogP contribution in [0.2, 0.25) is 0 Å². The van der Waals surface area contributed by atoms with E-state index in [2.05, 4.69) is 27.3 Å². The number of amides is 1. The molecule has 39 heavy (non-hydrogen) atoms. The first-order valence-corrected chi connectivity index (χ1v) is 13.0. The molecule has 0 atom stereocenters. The van der Waals surface area contributed by atoms with Crippen molar-refractivity contribution in [2.75, 3.05) is 6.54 Å². The molecule has 3 aromatic rings. The number of carboxylic acid groups (broad SMARTS) is 2. The standard InChI is InChI=1S/C27H30F3N3O2.CH2O3/c1-18-4-6-19(7-5-18)15-25(34)32-14-12-22-23-3-2-13-31-26(23)33(24(22)17-32)16-20-8-10-21(11-9-20)35-27(28,29)30;2-1(3)4/h2-3,8-11,13,18-19H,4-7,12,14-17H2,1H3;(H2,2,3,4)/t18-,19+;. The maximum atomic E-state index is 13.2. The van der Waals surface area contributed by atoms with Crippen molar-refractivity contribution in [2.24, 2.45) is 11.8 Å². The molecule has 1 aromatic carbocycles. The third-order valence-corrected chi connectivity index (χ3v) is 7.46. The van der Waals surface area contributed by atoms with E-state index in [-0.39, 0.29) is 11.7 Å². The Balaban J connectivity index is 0.000000826. The largest absolute Gasteiger partial charge is 0.573 e. The predicted octanol–water partition coefficient (Wildman–Crippen LogP) is 6.31. The van der Waals surface area contributed by atoms with E-state index < -0.39 is 12.5 Å². The number of aromatic nitrogens is 2. The number of rotatable bonds is 5. The lowest BCUT2D eigenvalue weighted by atomic mass is 9.81. The maximum Gasteiger partial charge on any atom is 0.573 e.